The SMILES string of the molecule is O=C(CCc1nnc(-c2ccsc2)o1)Nc1ccnc(Sc2ccccn2)c1. The van der Waals surface area contributed by atoms with E-state index in [9.17, 15) is 4.79 Å². The maximum atomic E-state index is 12.3. The molecule has 4 aromatic heterocycles. The topological polar surface area (TPSA) is 93.8 Å². The van der Waals surface area contributed by atoms with Crippen molar-refractivity contribution in [2.45, 2.75) is 22.9 Å². The summed E-state index contributed by atoms with van der Waals surface area (Å²) in [6.45, 7) is 0. The molecule has 9 heteroatoms. The normalized spacial score (nSPS) is 10.7. The van der Waals surface area contributed by atoms with E-state index in [1.165, 1.54) is 11.8 Å². The van der Waals surface area contributed by atoms with E-state index in [4.69, 9.17) is 4.42 Å². The number of nitrogens with zero attached hydrogens (tertiary/aromatic N) is 4. The average molecular weight is 409 g/mol. The highest BCUT2D eigenvalue weighted by molar-refractivity contribution is 7.99. The average Bonchev–Trinajstić information content (AvgIpc) is 3.39. The van der Waals surface area contributed by atoms with E-state index >= 15 is 0 Å². The Morgan fingerprint density at radius 2 is 2.04 bits per heavy atom. The molecule has 0 saturated carbocycles. The van der Waals surface area contributed by atoms with Gasteiger partial charge in [-0.2, -0.15) is 11.3 Å². The molecule has 1 N–H and O–H groups in total. The van der Waals surface area contributed by atoms with Crippen LogP contribution in [0.3, 0.4) is 0 Å². The summed E-state index contributed by atoms with van der Waals surface area (Å²) in [6, 6.07) is 11.2. The van der Waals surface area contributed by atoms with Crippen LogP contribution in [-0.2, 0) is 11.2 Å². The first-order valence-corrected chi connectivity index (χ1v) is 10.2. The van der Waals surface area contributed by atoms with Gasteiger partial charge in [0.1, 0.15) is 10.1 Å². The number of amides is 1. The summed E-state index contributed by atoms with van der Waals surface area (Å²) in [5, 5.41) is 16.4. The molecule has 0 bridgehead atoms. The lowest BCUT2D eigenvalue weighted by molar-refractivity contribution is -0.116. The van der Waals surface area contributed by atoms with Crippen LogP contribution in [0.2, 0.25) is 0 Å². The number of hydrogen-bond acceptors (Lipinski definition) is 8. The number of aromatic nitrogens is 4. The number of aryl methyl sites for hydroxylation is 1. The Morgan fingerprint density at radius 1 is 1.11 bits per heavy atom. The second-order valence-electron chi connectivity index (χ2n) is 5.71. The van der Waals surface area contributed by atoms with Gasteiger partial charge in [0.2, 0.25) is 17.7 Å². The Morgan fingerprint density at radius 3 is 2.86 bits per heavy atom. The highest BCUT2D eigenvalue weighted by Crippen LogP contribution is 2.25. The molecule has 4 rings (SSSR count). The van der Waals surface area contributed by atoms with Crippen molar-refractivity contribution < 1.29 is 9.21 Å². The molecule has 0 spiro atoms. The molecule has 7 nitrogen and oxygen atoms in total. The van der Waals surface area contributed by atoms with Crippen molar-refractivity contribution in [2.24, 2.45) is 0 Å². The molecule has 0 unspecified atom stereocenters. The molecule has 0 radical (unpaired) electrons. The lowest BCUT2D eigenvalue weighted by Gasteiger charge is -2.06. The van der Waals surface area contributed by atoms with Crippen LogP contribution in [0.4, 0.5) is 5.69 Å². The molecule has 4 heterocycles. The fourth-order valence-corrected chi connectivity index (χ4v) is 3.76. The van der Waals surface area contributed by atoms with E-state index in [2.05, 4.69) is 25.5 Å². The highest BCUT2D eigenvalue weighted by atomic mass is 32.2. The number of nitrogens with one attached hydrogen (secondary N) is 1. The number of carbonyl (C=O) groups excluding carboxylic acids is 1. The molecule has 0 aromatic carbocycles. The lowest BCUT2D eigenvalue weighted by atomic mass is 10.3. The van der Waals surface area contributed by atoms with Crippen molar-refractivity contribution >= 4 is 34.7 Å². The van der Waals surface area contributed by atoms with Gasteiger partial charge in [0.15, 0.2) is 0 Å². The van der Waals surface area contributed by atoms with Crippen molar-refractivity contribution in [3.05, 3.63) is 65.4 Å². The number of rotatable bonds is 7. The molecule has 0 aliphatic carbocycles. The van der Waals surface area contributed by atoms with E-state index in [-0.39, 0.29) is 12.3 Å². The zero-order chi connectivity index (χ0) is 19.2. The molecule has 0 aliphatic rings. The van der Waals surface area contributed by atoms with Crippen molar-refractivity contribution in [1.29, 1.82) is 0 Å². The third kappa shape index (κ3) is 4.81. The first-order chi connectivity index (χ1) is 13.8. The minimum absolute atomic E-state index is 0.129. The van der Waals surface area contributed by atoms with Gasteiger partial charge in [-0.1, -0.05) is 17.8 Å². The summed E-state index contributed by atoms with van der Waals surface area (Å²) >= 11 is 3.00. The van der Waals surface area contributed by atoms with Crippen molar-refractivity contribution in [1.82, 2.24) is 20.2 Å². The van der Waals surface area contributed by atoms with Gasteiger partial charge in [0, 0.05) is 41.9 Å². The van der Waals surface area contributed by atoms with Crippen LogP contribution >= 0.6 is 23.1 Å². The summed E-state index contributed by atoms with van der Waals surface area (Å²) in [7, 11) is 0. The summed E-state index contributed by atoms with van der Waals surface area (Å²) in [5.41, 5.74) is 1.57. The monoisotopic (exact) mass is 409 g/mol. The third-order valence-corrected chi connectivity index (χ3v) is 5.23. The molecule has 0 saturated heterocycles. The van der Waals surface area contributed by atoms with E-state index in [1.807, 2.05) is 41.1 Å². The second-order valence-corrected chi connectivity index (χ2v) is 7.53. The minimum atomic E-state index is -0.129. The van der Waals surface area contributed by atoms with Gasteiger partial charge >= 0.3 is 0 Å². The van der Waals surface area contributed by atoms with Gasteiger partial charge in [-0.05, 0) is 35.7 Å². The Bertz CT molecular complexity index is 1050. The zero-order valence-corrected chi connectivity index (χ0v) is 16.2. The van der Waals surface area contributed by atoms with Crippen molar-refractivity contribution in [2.75, 3.05) is 5.32 Å². The summed E-state index contributed by atoms with van der Waals surface area (Å²) in [4.78, 5) is 20.8. The molecule has 0 atom stereocenters. The molecule has 4 aromatic rings. The fourth-order valence-electron chi connectivity index (χ4n) is 2.36. The van der Waals surface area contributed by atoms with Crippen molar-refractivity contribution in [3.8, 4) is 11.5 Å². The maximum Gasteiger partial charge on any atom is 0.248 e. The third-order valence-electron chi connectivity index (χ3n) is 3.67. The van der Waals surface area contributed by atoms with Crippen LogP contribution in [0.15, 0.2) is 74.0 Å². The Balaban J connectivity index is 1.32. The smallest absolute Gasteiger partial charge is 0.248 e. The number of thiophene rings is 1. The predicted octanol–water partition coefficient (Wildman–Crippen LogP) is 4.31. The largest absolute Gasteiger partial charge is 0.421 e. The quantitative estimate of drug-likeness (QED) is 0.486. The fraction of sp³-hybridized carbons (Fsp3) is 0.105. The van der Waals surface area contributed by atoms with Crippen LogP contribution in [0.25, 0.3) is 11.5 Å². The first-order valence-electron chi connectivity index (χ1n) is 8.46. The standard InChI is InChI=1S/C19H15N5O2S2/c25-15(4-5-16-23-24-19(26-16)13-7-10-27-12-13)22-14-6-9-21-18(11-14)28-17-3-1-2-8-20-17/h1-3,6-12H,4-5H2,(H,21,22,25). The van der Waals surface area contributed by atoms with E-state index < -0.39 is 0 Å². The van der Waals surface area contributed by atoms with Gasteiger partial charge in [-0.3, -0.25) is 4.79 Å². The molecule has 140 valence electrons. The molecule has 1 amide bonds. The molecule has 28 heavy (non-hydrogen) atoms. The number of carbonyl (C=O) groups is 1. The maximum absolute atomic E-state index is 12.3. The minimum Gasteiger partial charge on any atom is -0.421 e. The summed E-state index contributed by atoms with van der Waals surface area (Å²) in [6.07, 6.45) is 4.02. The van der Waals surface area contributed by atoms with Crippen LogP contribution < -0.4 is 5.32 Å². The Hall–Kier alpha value is -3.04. The van der Waals surface area contributed by atoms with E-state index in [1.54, 1.807) is 29.8 Å². The van der Waals surface area contributed by atoms with Crippen LogP contribution in [0.1, 0.15) is 12.3 Å². The molecule has 0 fully saturated rings. The van der Waals surface area contributed by atoms with Gasteiger partial charge in [-0.15, -0.1) is 10.2 Å². The molecule has 0 aliphatic heterocycles. The second kappa shape index (κ2) is 8.77. The van der Waals surface area contributed by atoms with Gasteiger partial charge in [0.05, 0.1) is 0 Å². The van der Waals surface area contributed by atoms with Gasteiger partial charge in [0.25, 0.3) is 0 Å². The highest BCUT2D eigenvalue weighted by Gasteiger charge is 2.11. The Labute approximate surface area is 169 Å². The summed E-state index contributed by atoms with van der Waals surface area (Å²) < 4.78 is 5.60. The van der Waals surface area contributed by atoms with Crippen LogP contribution in [0.5, 0.6) is 0 Å². The number of anilines is 1. The van der Waals surface area contributed by atoms with E-state index in [0.29, 0.717) is 23.9 Å². The number of hydrogen-bond donors (Lipinski definition) is 1. The molecular formula is C19H15N5O2S2. The predicted molar refractivity (Wildman–Crippen MR) is 107 cm³/mol. The Kier molecular flexibility index (Phi) is 5.74. The van der Waals surface area contributed by atoms with Crippen molar-refractivity contribution in [3.63, 3.8) is 0 Å². The molecular weight excluding hydrogens is 394 g/mol. The van der Waals surface area contributed by atoms with Crippen LogP contribution in [0, 0.1) is 0 Å². The van der Waals surface area contributed by atoms with E-state index in [0.717, 1.165) is 15.6 Å². The van der Waals surface area contributed by atoms with Gasteiger partial charge in [-0.25, -0.2) is 9.97 Å². The first kappa shape index (κ1) is 18.3. The zero-order valence-electron chi connectivity index (χ0n) is 14.6. The van der Waals surface area contributed by atoms with Crippen LogP contribution in [-0.4, -0.2) is 26.1 Å². The lowest BCUT2D eigenvalue weighted by Crippen LogP contribution is -2.12. The van der Waals surface area contributed by atoms with Gasteiger partial charge < -0.3 is 9.73 Å². The number of pyridine rings is 2. The summed E-state index contributed by atoms with van der Waals surface area (Å²) in [5.74, 6) is 0.787.